The van der Waals surface area contributed by atoms with E-state index in [1.807, 2.05) is 6.07 Å². The highest BCUT2D eigenvalue weighted by Crippen LogP contribution is 2.31. The molecule has 3 rings (SSSR count). The van der Waals surface area contributed by atoms with Crippen LogP contribution < -0.4 is 5.32 Å². The van der Waals surface area contributed by atoms with Crippen molar-refractivity contribution in [2.45, 2.75) is 13.1 Å². The minimum Gasteiger partial charge on any atom is -0.411 e. The van der Waals surface area contributed by atoms with Gasteiger partial charge in [0.05, 0.1) is 28.6 Å². The van der Waals surface area contributed by atoms with Crippen LogP contribution in [-0.4, -0.2) is 32.1 Å². The van der Waals surface area contributed by atoms with Crippen LogP contribution in [0.2, 0.25) is 5.02 Å². The predicted molar refractivity (Wildman–Crippen MR) is 105 cm³/mol. The average molecular weight is 449 g/mol. The monoisotopic (exact) mass is 448 g/mol. The SMILES string of the molecule is Cc1cc(C#N)cc(C=NO)c1NC(=O)c1cc(C(F)(F)F)nn1-c1ncccc1Cl. The summed E-state index contributed by atoms with van der Waals surface area (Å²) >= 11 is 6.03. The summed E-state index contributed by atoms with van der Waals surface area (Å²) in [6.07, 6.45) is -2.55. The number of halogens is 4. The molecule has 0 unspecified atom stereocenters. The van der Waals surface area contributed by atoms with Crippen molar-refractivity contribution in [1.29, 1.82) is 5.26 Å². The van der Waals surface area contributed by atoms with E-state index in [1.165, 1.54) is 30.5 Å². The van der Waals surface area contributed by atoms with Gasteiger partial charge in [-0.2, -0.15) is 23.5 Å². The first-order chi connectivity index (χ1) is 14.7. The molecule has 0 spiro atoms. The van der Waals surface area contributed by atoms with Crippen molar-refractivity contribution in [3.63, 3.8) is 0 Å². The third-order valence-corrected chi connectivity index (χ3v) is 4.40. The first kappa shape index (κ1) is 21.8. The molecule has 0 aliphatic carbocycles. The number of pyridine rings is 1. The number of alkyl halides is 3. The topological polar surface area (TPSA) is 116 Å². The summed E-state index contributed by atoms with van der Waals surface area (Å²) in [7, 11) is 0. The number of oxime groups is 1. The number of carbonyl (C=O) groups excluding carboxylic acids is 1. The Kier molecular flexibility index (Phi) is 5.94. The molecule has 3 aromatic rings. The van der Waals surface area contributed by atoms with Crippen LogP contribution in [-0.2, 0) is 6.18 Å². The van der Waals surface area contributed by atoms with E-state index in [0.717, 1.165) is 6.21 Å². The Labute approximate surface area is 178 Å². The zero-order chi connectivity index (χ0) is 22.8. The van der Waals surface area contributed by atoms with Crippen LogP contribution in [0.15, 0.2) is 41.7 Å². The summed E-state index contributed by atoms with van der Waals surface area (Å²) < 4.78 is 40.5. The predicted octanol–water partition coefficient (Wildman–Crippen LogP) is 4.18. The molecule has 0 radical (unpaired) electrons. The summed E-state index contributed by atoms with van der Waals surface area (Å²) in [6.45, 7) is 1.57. The highest BCUT2D eigenvalue weighted by Gasteiger charge is 2.36. The number of rotatable bonds is 4. The van der Waals surface area contributed by atoms with Gasteiger partial charge in [0.1, 0.15) is 5.69 Å². The first-order valence-corrected chi connectivity index (χ1v) is 8.85. The van der Waals surface area contributed by atoms with E-state index in [0.29, 0.717) is 16.3 Å². The lowest BCUT2D eigenvalue weighted by molar-refractivity contribution is -0.141. The van der Waals surface area contributed by atoms with Crippen molar-refractivity contribution >= 4 is 29.4 Å². The number of nitrogens with one attached hydrogen (secondary N) is 1. The fourth-order valence-corrected chi connectivity index (χ4v) is 2.97. The zero-order valence-corrected chi connectivity index (χ0v) is 16.4. The molecule has 31 heavy (non-hydrogen) atoms. The van der Waals surface area contributed by atoms with E-state index in [1.54, 1.807) is 6.92 Å². The Bertz CT molecular complexity index is 1230. The number of aromatic nitrogens is 3. The molecule has 8 nitrogen and oxygen atoms in total. The number of benzene rings is 1. The summed E-state index contributed by atoms with van der Waals surface area (Å²) in [4.78, 5) is 16.9. The summed E-state index contributed by atoms with van der Waals surface area (Å²) in [5.41, 5.74) is -0.840. The summed E-state index contributed by atoms with van der Waals surface area (Å²) in [6, 6.07) is 8.15. The Balaban J connectivity index is 2.12. The minimum atomic E-state index is -4.82. The van der Waals surface area contributed by atoms with E-state index in [2.05, 4.69) is 20.6 Å². The molecule has 0 aliphatic rings. The van der Waals surface area contributed by atoms with Crippen LogP contribution in [0.25, 0.3) is 5.82 Å². The third kappa shape index (κ3) is 4.49. The number of nitrogens with zero attached hydrogens (tertiary/aromatic N) is 5. The normalized spacial score (nSPS) is 11.5. The molecule has 2 N–H and O–H groups in total. The van der Waals surface area contributed by atoms with Crippen molar-refractivity contribution in [1.82, 2.24) is 14.8 Å². The number of amides is 1. The van der Waals surface area contributed by atoms with Crippen LogP contribution in [0.3, 0.4) is 0 Å². The Hall–Kier alpha value is -3.91. The lowest BCUT2D eigenvalue weighted by Gasteiger charge is -2.13. The molecule has 158 valence electrons. The maximum Gasteiger partial charge on any atom is 0.435 e. The van der Waals surface area contributed by atoms with Gasteiger partial charge >= 0.3 is 6.18 Å². The molecule has 0 fully saturated rings. The van der Waals surface area contributed by atoms with Gasteiger partial charge in [-0.25, -0.2) is 9.67 Å². The molecule has 1 aromatic carbocycles. The lowest BCUT2D eigenvalue weighted by Crippen LogP contribution is -2.19. The molecular weight excluding hydrogens is 437 g/mol. The van der Waals surface area contributed by atoms with Gasteiger partial charge in [0, 0.05) is 17.8 Å². The number of hydrogen-bond acceptors (Lipinski definition) is 6. The van der Waals surface area contributed by atoms with Gasteiger partial charge in [0.15, 0.2) is 11.5 Å². The van der Waals surface area contributed by atoms with E-state index in [9.17, 15) is 18.0 Å². The molecule has 2 aromatic heterocycles. The number of anilines is 1. The molecule has 0 atom stereocenters. The quantitative estimate of drug-likeness (QED) is 0.353. The molecule has 1 amide bonds. The second-order valence-electron chi connectivity index (χ2n) is 6.20. The molecule has 0 aliphatic heterocycles. The number of hydrogen-bond donors (Lipinski definition) is 2. The van der Waals surface area contributed by atoms with Crippen LogP contribution in [0.5, 0.6) is 0 Å². The van der Waals surface area contributed by atoms with Gasteiger partial charge in [-0.05, 0) is 36.8 Å². The Morgan fingerprint density at radius 2 is 2.13 bits per heavy atom. The van der Waals surface area contributed by atoms with Crippen LogP contribution in [0.4, 0.5) is 18.9 Å². The van der Waals surface area contributed by atoms with Gasteiger partial charge in [0.2, 0.25) is 0 Å². The molecular formula is C19H12ClF3N6O2. The molecule has 0 bridgehead atoms. The molecule has 0 saturated heterocycles. The average Bonchev–Trinajstić information content (AvgIpc) is 3.16. The lowest BCUT2D eigenvalue weighted by atomic mass is 10.0. The van der Waals surface area contributed by atoms with Crippen molar-refractivity contribution in [2.75, 3.05) is 5.32 Å². The third-order valence-electron chi connectivity index (χ3n) is 4.10. The van der Waals surface area contributed by atoms with Crippen molar-refractivity contribution < 1.29 is 23.2 Å². The minimum absolute atomic E-state index is 0.0176. The van der Waals surface area contributed by atoms with Crippen LogP contribution in [0.1, 0.15) is 32.9 Å². The van der Waals surface area contributed by atoms with Crippen molar-refractivity contribution in [2.24, 2.45) is 5.16 Å². The second kappa shape index (κ2) is 8.45. The molecule has 0 saturated carbocycles. The van der Waals surface area contributed by atoms with Gasteiger partial charge in [-0.3, -0.25) is 4.79 Å². The standard InChI is InChI=1S/C19H12ClF3N6O2/c1-10-5-11(8-24)6-12(9-26-31)16(10)27-18(30)14-7-15(19(21,22)23)28-29(14)17-13(20)3-2-4-25-17/h2-7,9,31H,1H3,(H,27,30). The highest BCUT2D eigenvalue weighted by molar-refractivity contribution is 6.32. The number of carbonyl (C=O) groups is 1. The fraction of sp³-hybridized carbons (Fsp3) is 0.105. The largest absolute Gasteiger partial charge is 0.435 e. The first-order valence-electron chi connectivity index (χ1n) is 8.47. The van der Waals surface area contributed by atoms with E-state index in [4.69, 9.17) is 22.1 Å². The van der Waals surface area contributed by atoms with Crippen molar-refractivity contribution in [3.8, 4) is 11.9 Å². The van der Waals surface area contributed by atoms with E-state index in [-0.39, 0.29) is 27.7 Å². The number of nitriles is 1. The molecule has 12 heteroatoms. The van der Waals surface area contributed by atoms with Gasteiger partial charge < -0.3 is 10.5 Å². The van der Waals surface area contributed by atoms with E-state index >= 15 is 0 Å². The Morgan fingerprint density at radius 3 is 2.74 bits per heavy atom. The summed E-state index contributed by atoms with van der Waals surface area (Å²) in [5.74, 6) is -1.12. The second-order valence-corrected chi connectivity index (χ2v) is 6.61. The zero-order valence-electron chi connectivity index (χ0n) is 15.6. The maximum absolute atomic E-state index is 13.3. The van der Waals surface area contributed by atoms with Gasteiger partial charge in [-0.1, -0.05) is 16.8 Å². The number of aryl methyl sites for hydroxylation is 1. The van der Waals surface area contributed by atoms with Gasteiger partial charge in [0.25, 0.3) is 5.91 Å². The summed E-state index contributed by atoms with van der Waals surface area (Å²) in [5, 5.41) is 26.8. The molecule has 2 heterocycles. The van der Waals surface area contributed by atoms with Gasteiger partial charge in [-0.15, -0.1) is 0 Å². The highest BCUT2D eigenvalue weighted by atomic mass is 35.5. The maximum atomic E-state index is 13.3. The fourth-order valence-electron chi connectivity index (χ4n) is 2.77. The van der Waals surface area contributed by atoms with Crippen molar-refractivity contribution in [3.05, 3.63) is 69.6 Å². The Morgan fingerprint density at radius 1 is 1.39 bits per heavy atom. The van der Waals surface area contributed by atoms with Crippen LogP contribution >= 0.6 is 11.6 Å². The smallest absolute Gasteiger partial charge is 0.411 e. The van der Waals surface area contributed by atoms with E-state index < -0.39 is 23.5 Å². The van der Waals surface area contributed by atoms with Crippen LogP contribution in [0, 0.1) is 18.3 Å².